The molecule has 0 N–H and O–H groups in total. The molecule has 9 heteroatoms. The normalized spacial score (nSPS) is 11.8. The molecule has 4 aromatic rings. The van der Waals surface area contributed by atoms with Gasteiger partial charge >= 0.3 is 0 Å². The highest BCUT2D eigenvalue weighted by Crippen LogP contribution is 2.28. The Labute approximate surface area is 188 Å². The van der Waals surface area contributed by atoms with Gasteiger partial charge in [-0.15, -0.1) is 0 Å². The van der Waals surface area contributed by atoms with Gasteiger partial charge in [0.05, 0.1) is 4.90 Å². The first-order valence-electron chi connectivity index (χ1n) is 9.69. The smallest absolute Gasteiger partial charge is 0.269 e. The fourth-order valence-corrected chi connectivity index (χ4v) is 4.32. The molecule has 4 rings (SSSR count). The third-order valence-electron chi connectivity index (χ3n) is 4.82. The number of allylic oxidation sites excluding steroid dienone is 1. The number of sulfone groups is 1. The number of rotatable bonds is 5. The van der Waals surface area contributed by atoms with Gasteiger partial charge in [0.2, 0.25) is 15.7 Å². The quantitative estimate of drug-likeness (QED) is 0.411. The molecular formula is C24H16FN3O4S. The van der Waals surface area contributed by atoms with Gasteiger partial charge in [-0.05, 0) is 48.9 Å². The molecule has 0 aliphatic rings. The van der Waals surface area contributed by atoms with E-state index in [1.807, 2.05) is 0 Å². The molecule has 164 valence electrons. The Balaban J connectivity index is 1.99. The molecule has 0 bridgehead atoms. The van der Waals surface area contributed by atoms with Gasteiger partial charge in [0.1, 0.15) is 22.2 Å². The second kappa shape index (κ2) is 8.68. The second-order valence-electron chi connectivity index (χ2n) is 6.99. The topological polar surface area (TPSA) is 102 Å². The maximum absolute atomic E-state index is 14.2. The zero-order valence-corrected chi connectivity index (χ0v) is 18.1. The van der Waals surface area contributed by atoms with Crippen LogP contribution in [0.25, 0.3) is 11.7 Å². The van der Waals surface area contributed by atoms with Crippen LogP contribution in [-0.4, -0.2) is 17.8 Å². The van der Waals surface area contributed by atoms with E-state index in [4.69, 9.17) is 4.74 Å². The van der Waals surface area contributed by atoms with Crippen molar-refractivity contribution in [2.24, 2.45) is 0 Å². The maximum atomic E-state index is 14.2. The van der Waals surface area contributed by atoms with Gasteiger partial charge in [0, 0.05) is 6.20 Å². The fourth-order valence-electron chi connectivity index (χ4n) is 3.15. The minimum atomic E-state index is -4.23. The first-order valence-corrected chi connectivity index (χ1v) is 11.2. The number of hydrogen-bond acceptors (Lipinski definition) is 6. The summed E-state index contributed by atoms with van der Waals surface area (Å²) in [6.45, 7) is 1.73. The molecule has 0 aliphatic heterocycles. The van der Waals surface area contributed by atoms with Crippen LogP contribution >= 0.6 is 0 Å². The summed E-state index contributed by atoms with van der Waals surface area (Å²) in [4.78, 5) is 16.8. The van der Waals surface area contributed by atoms with E-state index in [9.17, 15) is 22.9 Å². The van der Waals surface area contributed by atoms with E-state index in [1.54, 1.807) is 31.2 Å². The molecule has 0 saturated carbocycles. The van der Waals surface area contributed by atoms with Crippen molar-refractivity contribution in [3.63, 3.8) is 0 Å². The third-order valence-corrected chi connectivity index (χ3v) is 6.50. The van der Waals surface area contributed by atoms with E-state index in [2.05, 4.69) is 4.98 Å². The Morgan fingerprint density at radius 3 is 2.48 bits per heavy atom. The Morgan fingerprint density at radius 1 is 1.09 bits per heavy atom. The van der Waals surface area contributed by atoms with E-state index < -0.39 is 26.1 Å². The van der Waals surface area contributed by atoms with E-state index in [0.717, 1.165) is 6.08 Å². The number of fused-ring (bicyclic) bond motifs is 1. The van der Waals surface area contributed by atoms with Gasteiger partial charge in [0.15, 0.2) is 11.6 Å². The average Bonchev–Trinajstić information content (AvgIpc) is 2.81. The Kier molecular flexibility index (Phi) is 5.77. The molecule has 2 heterocycles. The van der Waals surface area contributed by atoms with Crippen molar-refractivity contribution in [3.8, 4) is 17.7 Å². The van der Waals surface area contributed by atoms with Gasteiger partial charge in [-0.25, -0.2) is 12.8 Å². The van der Waals surface area contributed by atoms with Crippen molar-refractivity contribution in [1.29, 1.82) is 5.26 Å². The first-order chi connectivity index (χ1) is 15.8. The fraction of sp³-hybridized carbons (Fsp3) is 0.0417. The lowest BCUT2D eigenvalue weighted by Crippen LogP contribution is -2.20. The minimum Gasteiger partial charge on any atom is -0.435 e. The lowest BCUT2D eigenvalue weighted by atomic mass is 10.2. The highest BCUT2D eigenvalue weighted by atomic mass is 32.2. The zero-order valence-electron chi connectivity index (χ0n) is 17.3. The largest absolute Gasteiger partial charge is 0.435 e. The van der Waals surface area contributed by atoms with E-state index in [0.29, 0.717) is 5.56 Å². The van der Waals surface area contributed by atoms with Crippen molar-refractivity contribution in [2.75, 3.05) is 0 Å². The molecule has 0 fully saturated rings. The van der Waals surface area contributed by atoms with Crippen LogP contribution in [0.2, 0.25) is 0 Å². The van der Waals surface area contributed by atoms with Crippen molar-refractivity contribution in [2.45, 2.75) is 11.8 Å². The number of pyridine rings is 1. The van der Waals surface area contributed by atoms with Crippen LogP contribution in [0.3, 0.4) is 0 Å². The molecule has 0 unspecified atom stereocenters. The van der Waals surface area contributed by atoms with Crippen molar-refractivity contribution in [3.05, 3.63) is 105 Å². The predicted octanol–water partition coefficient (Wildman–Crippen LogP) is 4.27. The number of nitriles is 1. The Bertz CT molecular complexity index is 1600. The SMILES string of the molecule is Cc1cccn2c(=O)c(C=C(C#N)S(=O)(=O)c3ccccc3)c(Oc3ccccc3F)nc12. The van der Waals surface area contributed by atoms with E-state index in [-0.39, 0.29) is 27.7 Å². The van der Waals surface area contributed by atoms with Crippen LogP contribution in [0, 0.1) is 24.1 Å². The summed E-state index contributed by atoms with van der Waals surface area (Å²) in [5, 5.41) is 9.63. The van der Waals surface area contributed by atoms with Gasteiger partial charge in [-0.1, -0.05) is 36.4 Å². The molecule has 0 saturated heterocycles. The van der Waals surface area contributed by atoms with Crippen LogP contribution in [-0.2, 0) is 9.84 Å². The molecule has 0 aliphatic carbocycles. The maximum Gasteiger partial charge on any atom is 0.269 e. The van der Waals surface area contributed by atoms with Crippen LogP contribution < -0.4 is 10.3 Å². The molecule has 33 heavy (non-hydrogen) atoms. The van der Waals surface area contributed by atoms with Crippen molar-refractivity contribution in [1.82, 2.24) is 9.38 Å². The lowest BCUT2D eigenvalue weighted by molar-refractivity contribution is 0.426. The summed E-state index contributed by atoms with van der Waals surface area (Å²) in [7, 11) is -4.23. The molecule has 0 atom stereocenters. The first kappa shape index (κ1) is 21.9. The lowest BCUT2D eigenvalue weighted by Gasteiger charge is -2.12. The molecule has 0 amide bonds. The highest BCUT2D eigenvalue weighted by molar-refractivity contribution is 7.95. The summed E-state index contributed by atoms with van der Waals surface area (Å²) >= 11 is 0. The van der Waals surface area contributed by atoms with Crippen molar-refractivity contribution >= 4 is 21.6 Å². The number of nitrogens with zero attached hydrogens (tertiary/aromatic N) is 3. The second-order valence-corrected chi connectivity index (χ2v) is 8.91. The summed E-state index contributed by atoms with van der Waals surface area (Å²) in [5.41, 5.74) is -0.0974. The Morgan fingerprint density at radius 2 is 1.79 bits per heavy atom. The molecule has 0 spiro atoms. The summed E-state index contributed by atoms with van der Waals surface area (Å²) < 4.78 is 47.0. The monoisotopic (exact) mass is 461 g/mol. The van der Waals surface area contributed by atoms with Crippen molar-refractivity contribution < 1.29 is 17.5 Å². The molecule has 7 nitrogen and oxygen atoms in total. The molecular weight excluding hydrogens is 445 g/mol. The number of benzene rings is 2. The van der Waals surface area contributed by atoms with Crippen LogP contribution in [0.4, 0.5) is 4.39 Å². The number of aryl methyl sites for hydroxylation is 1. The molecule has 2 aromatic heterocycles. The van der Waals surface area contributed by atoms with Crippen LogP contribution in [0.1, 0.15) is 11.1 Å². The number of para-hydroxylation sites is 1. The molecule has 2 aromatic carbocycles. The minimum absolute atomic E-state index is 0.112. The summed E-state index contributed by atoms with van der Waals surface area (Å²) in [5.74, 6) is -1.23. The van der Waals surface area contributed by atoms with Crippen LogP contribution in [0.5, 0.6) is 11.6 Å². The predicted molar refractivity (Wildman–Crippen MR) is 120 cm³/mol. The molecule has 0 radical (unpaired) electrons. The van der Waals surface area contributed by atoms with E-state index >= 15 is 0 Å². The third kappa shape index (κ3) is 4.12. The Hall–Kier alpha value is -4.29. The van der Waals surface area contributed by atoms with Gasteiger partial charge in [-0.2, -0.15) is 10.2 Å². The number of halogens is 1. The van der Waals surface area contributed by atoms with E-state index in [1.165, 1.54) is 59.1 Å². The standard InChI is InChI=1S/C24H16FN3O4S/c1-16-8-7-13-28-22(16)27-23(32-21-12-6-5-11-20(21)25)19(24(28)29)14-18(15-26)33(30,31)17-9-3-2-4-10-17/h2-14H,1H3. The zero-order chi connectivity index (χ0) is 23.6. The van der Waals surface area contributed by atoms with Crippen LogP contribution in [0.15, 0.2) is 87.5 Å². The van der Waals surface area contributed by atoms with Gasteiger partial charge < -0.3 is 4.74 Å². The van der Waals surface area contributed by atoms with Gasteiger partial charge in [0.25, 0.3) is 5.56 Å². The average molecular weight is 461 g/mol. The highest BCUT2D eigenvalue weighted by Gasteiger charge is 2.24. The summed E-state index contributed by atoms with van der Waals surface area (Å²) in [6, 6.07) is 17.9. The number of hydrogen-bond donors (Lipinski definition) is 0. The number of aromatic nitrogens is 2. The number of ether oxygens (including phenoxy) is 1. The summed E-state index contributed by atoms with van der Waals surface area (Å²) in [6.07, 6.45) is 2.36. The van der Waals surface area contributed by atoms with Gasteiger partial charge in [-0.3, -0.25) is 9.20 Å².